The summed E-state index contributed by atoms with van der Waals surface area (Å²) in [6.07, 6.45) is 3.94. The summed E-state index contributed by atoms with van der Waals surface area (Å²) in [5.74, 6) is 0.0369. The Morgan fingerprint density at radius 2 is 1.67 bits per heavy atom. The Balaban J connectivity index is 1.43. The molecule has 36 heavy (non-hydrogen) atoms. The Hall–Kier alpha value is -3.64. The number of carbonyl (C=O) groups excluding carboxylic acids is 1. The van der Waals surface area contributed by atoms with Crippen LogP contribution >= 0.6 is 0 Å². The summed E-state index contributed by atoms with van der Waals surface area (Å²) in [5.41, 5.74) is 8.58. The minimum Gasteiger partial charge on any atom is -0.369 e. The predicted octanol–water partition coefficient (Wildman–Crippen LogP) is 5.44. The Labute approximate surface area is 213 Å². The van der Waals surface area contributed by atoms with Gasteiger partial charge >= 0.3 is 0 Å². The smallest absolute Gasteiger partial charge is 0.253 e. The topological polar surface area (TPSA) is 55.5 Å². The first-order chi connectivity index (χ1) is 17.3. The monoisotopic (exact) mass is 481 g/mol. The molecule has 3 heterocycles. The van der Waals surface area contributed by atoms with Gasteiger partial charge in [-0.15, -0.1) is 0 Å². The van der Waals surface area contributed by atoms with Crippen LogP contribution in [-0.2, 0) is 0 Å². The van der Waals surface area contributed by atoms with Crippen LogP contribution in [0.15, 0.2) is 60.9 Å². The molecule has 0 spiro atoms. The minimum atomic E-state index is 0.0369. The molecule has 1 amide bonds. The summed E-state index contributed by atoms with van der Waals surface area (Å²) < 4.78 is 0. The van der Waals surface area contributed by atoms with Crippen molar-refractivity contribution in [3.8, 4) is 22.3 Å². The highest BCUT2D eigenvalue weighted by Crippen LogP contribution is 2.33. The van der Waals surface area contributed by atoms with Gasteiger partial charge in [-0.2, -0.15) is 0 Å². The van der Waals surface area contributed by atoms with Gasteiger partial charge in [-0.1, -0.05) is 18.2 Å². The number of likely N-dealkylation sites (N-methyl/N-ethyl adjacent to an activating group) is 1. The number of benzene rings is 2. The molecule has 1 saturated heterocycles. The van der Waals surface area contributed by atoms with Crippen molar-refractivity contribution in [1.29, 1.82) is 0 Å². The van der Waals surface area contributed by atoms with Crippen LogP contribution in [0.25, 0.3) is 33.3 Å². The maximum absolute atomic E-state index is 12.7. The van der Waals surface area contributed by atoms with Gasteiger partial charge < -0.3 is 19.7 Å². The van der Waals surface area contributed by atoms with Crippen LogP contribution in [0.1, 0.15) is 29.8 Å². The number of anilines is 1. The first-order valence-electron chi connectivity index (χ1n) is 12.7. The van der Waals surface area contributed by atoms with Crippen molar-refractivity contribution in [2.75, 3.05) is 45.2 Å². The second-order valence-electron chi connectivity index (χ2n) is 10.2. The zero-order chi connectivity index (χ0) is 25.4. The zero-order valence-corrected chi connectivity index (χ0v) is 21.9. The summed E-state index contributed by atoms with van der Waals surface area (Å²) in [6.45, 7) is 10.6. The molecule has 0 unspecified atom stereocenters. The number of rotatable bonds is 5. The maximum atomic E-state index is 12.7. The number of pyridine rings is 1. The fourth-order valence-electron chi connectivity index (χ4n) is 4.87. The van der Waals surface area contributed by atoms with Gasteiger partial charge in [0.1, 0.15) is 5.65 Å². The normalized spacial score (nSPS) is 14.6. The van der Waals surface area contributed by atoms with Gasteiger partial charge in [-0.05, 0) is 74.8 Å². The fourth-order valence-corrected chi connectivity index (χ4v) is 4.87. The zero-order valence-electron chi connectivity index (χ0n) is 21.9. The molecular formula is C30H35N5O. The molecule has 2 aromatic carbocycles. The number of aromatic amines is 1. The highest BCUT2D eigenvalue weighted by molar-refractivity contribution is 5.98. The summed E-state index contributed by atoms with van der Waals surface area (Å²) in [4.78, 5) is 27.3. The average Bonchev–Trinajstić information content (AvgIpc) is 3.32. The van der Waals surface area contributed by atoms with Crippen molar-refractivity contribution in [3.63, 3.8) is 0 Å². The van der Waals surface area contributed by atoms with Gasteiger partial charge in [-0.25, -0.2) is 4.98 Å². The number of fused-ring (bicyclic) bond motifs is 1. The molecule has 6 nitrogen and oxygen atoms in total. The van der Waals surface area contributed by atoms with E-state index in [4.69, 9.17) is 4.98 Å². The van der Waals surface area contributed by atoms with Crippen LogP contribution < -0.4 is 4.90 Å². The Morgan fingerprint density at radius 1 is 0.972 bits per heavy atom. The standard InChI is InChI=1S/C30H35N5O/c1-20(2)34(5)30(36)23-8-6-22(7-9-23)27-19-32-29-26(27)17-25(18-31-29)24-10-11-28(21(3)16-24)35-14-12-33(4)13-15-35/h6-11,16-20H,12-15H2,1-5H3,(H,31,32). The lowest BCUT2D eigenvalue weighted by Gasteiger charge is -2.35. The van der Waals surface area contributed by atoms with E-state index in [9.17, 15) is 4.79 Å². The highest BCUT2D eigenvalue weighted by atomic mass is 16.2. The third-order valence-corrected chi connectivity index (χ3v) is 7.44. The van der Waals surface area contributed by atoms with Gasteiger partial charge in [0.15, 0.2) is 0 Å². The lowest BCUT2D eigenvalue weighted by atomic mass is 9.99. The molecule has 4 aromatic rings. The average molecular weight is 482 g/mol. The summed E-state index contributed by atoms with van der Waals surface area (Å²) in [5, 5.41) is 1.08. The van der Waals surface area contributed by atoms with Crippen LogP contribution in [-0.4, -0.2) is 72.0 Å². The van der Waals surface area contributed by atoms with Gasteiger partial charge in [0.2, 0.25) is 0 Å². The fraction of sp³-hybridized carbons (Fsp3) is 0.333. The molecule has 0 radical (unpaired) electrons. The summed E-state index contributed by atoms with van der Waals surface area (Å²) in [7, 11) is 4.03. The van der Waals surface area contributed by atoms with Crippen LogP contribution in [0.5, 0.6) is 0 Å². The second kappa shape index (κ2) is 9.78. The van der Waals surface area contributed by atoms with Crippen molar-refractivity contribution < 1.29 is 4.79 Å². The van der Waals surface area contributed by atoms with E-state index in [1.807, 2.05) is 57.6 Å². The molecule has 0 atom stereocenters. The van der Waals surface area contributed by atoms with Crippen LogP contribution in [0.2, 0.25) is 0 Å². The molecule has 1 aliphatic rings. The van der Waals surface area contributed by atoms with E-state index in [2.05, 4.69) is 53.0 Å². The molecule has 1 N–H and O–H groups in total. The minimum absolute atomic E-state index is 0.0369. The molecule has 1 fully saturated rings. The van der Waals surface area contributed by atoms with Gasteiger partial charge in [0.25, 0.3) is 5.91 Å². The molecule has 0 saturated carbocycles. The summed E-state index contributed by atoms with van der Waals surface area (Å²) in [6, 6.07) is 17.0. The Kier molecular flexibility index (Phi) is 6.54. The first-order valence-corrected chi connectivity index (χ1v) is 12.7. The van der Waals surface area contributed by atoms with E-state index in [1.165, 1.54) is 16.8 Å². The second-order valence-corrected chi connectivity index (χ2v) is 10.2. The number of aryl methyl sites for hydroxylation is 1. The number of carbonyl (C=O) groups is 1. The van der Waals surface area contributed by atoms with E-state index in [0.717, 1.165) is 53.9 Å². The van der Waals surface area contributed by atoms with E-state index in [0.29, 0.717) is 5.56 Å². The number of nitrogens with one attached hydrogen (secondary N) is 1. The van der Waals surface area contributed by atoms with Crippen molar-refractivity contribution in [2.45, 2.75) is 26.8 Å². The van der Waals surface area contributed by atoms with Crippen LogP contribution in [0.3, 0.4) is 0 Å². The van der Waals surface area contributed by atoms with Crippen molar-refractivity contribution in [2.24, 2.45) is 0 Å². The van der Waals surface area contributed by atoms with Crippen molar-refractivity contribution in [1.82, 2.24) is 19.8 Å². The largest absolute Gasteiger partial charge is 0.369 e. The number of amides is 1. The quantitative estimate of drug-likeness (QED) is 0.413. The third kappa shape index (κ3) is 4.61. The third-order valence-electron chi connectivity index (χ3n) is 7.44. The highest BCUT2D eigenvalue weighted by Gasteiger charge is 2.17. The maximum Gasteiger partial charge on any atom is 0.253 e. The van der Waals surface area contributed by atoms with Gasteiger partial charge in [-0.3, -0.25) is 4.79 Å². The molecule has 1 aliphatic heterocycles. The SMILES string of the molecule is Cc1cc(-c2cnc3[nH]cc(-c4ccc(C(=O)N(C)C(C)C)cc4)c3c2)ccc1N1CCN(C)CC1. The number of hydrogen-bond acceptors (Lipinski definition) is 4. The number of nitrogens with zero attached hydrogens (tertiary/aromatic N) is 4. The molecule has 6 heteroatoms. The molecular weight excluding hydrogens is 446 g/mol. The van der Waals surface area contributed by atoms with Crippen molar-refractivity contribution >= 4 is 22.6 Å². The van der Waals surface area contributed by atoms with Crippen LogP contribution in [0.4, 0.5) is 5.69 Å². The van der Waals surface area contributed by atoms with E-state index in [1.54, 1.807) is 4.90 Å². The van der Waals surface area contributed by atoms with E-state index >= 15 is 0 Å². The van der Waals surface area contributed by atoms with Gasteiger partial charge in [0.05, 0.1) is 0 Å². The Morgan fingerprint density at radius 3 is 2.33 bits per heavy atom. The number of hydrogen-bond donors (Lipinski definition) is 1. The van der Waals surface area contributed by atoms with Crippen molar-refractivity contribution in [3.05, 3.63) is 72.1 Å². The number of piperazine rings is 1. The van der Waals surface area contributed by atoms with E-state index in [-0.39, 0.29) is 11.9 Å². The molecule has 186 valence electrons. The molecule has 0 aliphatic carbocycles. The number of H-pyrrole nitrogens is 1. The van der Waals surface area contributed by atoms with Crippen LogP contribution in [0, 0.1) is 6.92 Å². The first kappa shape index (κ1) is 24.1. The lowest BCUT2D eigenvalue weighted by Crippen LogP contribution is -2.44. The van der Waals surface area contributed by atoms with E-state index < -0.39 is 0 Å². The van der Waals surface area contributed by atoms with Gasteiger partial charge in [0, 0.05) is 79.4 Å². The Bertz CT molecular complexity index is 1380. The number of aromatic nitrogens is 2. The molecule has 5 rings (SSSR count). The molecule has 0 bridgehead atoms. The summed E-state index contributed by atoms with van der Waals surface area (Å²) >= 11 is 0. The molecule has 2 aromatic heterocycles. The predicted molar refractivity (Wildman–Crippen MR) is 149 cm³/mol. The lowest BCUT2D eigenvalue weighted by molar-refractivity contribution is 0.0755.